The van der Waals surface area contributed by atoms with Gasteiger partial charge in [0.25, 0.3) is 0 Å². The number of piperidine rings is 1. The fraction of sp³-hybridized carbons (Fsp3) is 0.529. The fourth-order valence-corrected chi connectivity index (χ4v) is 4.48. The molecule has 0 bridgehead atoms. The van der Waals surface area contributed by atoms with Crippen molar-refractivity contribution in [1.29, 1.82) is 0 Å². The zero-order chi connectivity index (χ0) is 13.9. The van der Waals surface area contributed by atoms with Crippen molar-refractivity contribution in [3.63, 3.8) is 0 Å². The lowest BCUT2D eigenvalue weighted by Crippen LogP contribution is -2.29. The predicted octanol–water partition coefficient (Wildman–Crippen LogP) is 3.78. The Kier molecular flexibility index (Phi) is 4.39. The average Bonchev–Trinajstić information content (AvgIpc) is 2.77. The van der Waals surface area contributed by atoms with Crippen LogP contribution in [0.2, 0.25) is 0 Å². The molecule has 2 aromatic rings. The number of benzene rings is 1. The molecule has 3 rings (SSSR count). The van der Waals surface area contributed by atoms with Crippen LogP contribution >= 0.6 is 11.3 Å². The van der Waals surface area contributed by atoms with Gasteiger partial charge in [0.05, 0.1) is 0 Å². The maximum atomic E-state index is 6.04. The summed E-state index contributed by atoms with van der Waals surface area (Å²) in [6.45, 7) is 5.71. The number of hydrogen-bond acceptors (Lipinski definition) is 3. The lowest BCUT2D eigenvalue weighted by molar-refractivity contribution is 0.221. The van der Waals surface area contributed by atoms with Crippen molar-refractivity contribution in [2.45, 2.75) is 45.2 Å². The van der Waals surface area contributed by atoms with Gasteiger partial charge in [0.1, 0.15) is 0 Å². The van der Waals surface area contributed by atoms with Crippen LogP contribution in [0.15, 0.2) is 24.3 Å². The SMILES string of the molecule is CC(N)Cc1sc2ccccc2c1CN1CCCCC1. The Hall–Kier alpha value is -0.900. The van der Waals surface area contributed by atoms with E-state index in [0.29, 0.717) is 0 Å². The number of nitrogens with two attached hydrogens (primary N) is 1. The van der Waals surface area contributed by atoms with E-state index in [1.807, 2.05) is 11.3 Å². The summed E-state index contributed by atoms with van der Waals surface area (Å²) in [7, 11) is 0. The van der Waals surface area contributed by atoms with Gasteiger partial charge in [-0.15, -0.1) is 11.3 Å². The molecule has 1 aromatic heterocycles. The van der Waals surface area contributed by atoms with Crippen molar-refractivity contribution in [2.24, 2.45) is 5.73 Å². The number of fused-ring (bicyclic) bond motifs is 1. The zero-order valence-corrected chi connectivity index (χ0v) is 13.1. The predicted molar refractivity (Wildman–Crippen MR) is 88.3 cm³/mol. The molecule has 2 nitrogen and oxygen atoms in total. The minimum absolute atomic E-state index is 0.239. The highest BCUT2D eigenvalue weighted by atomic mass is 32.1. The summed E-state index contributed by atoms with van der Waals surface area (Å²) in [6.07, 6.45) is 5.10. The molecular weight excluding hydrogens is 264 g/mol. The van der Waals surface area contributed by atoms with E-state index in [4.69, 9.17) is 5.73 Å². The fourth-order valence-electron chi connectivity index (χ4n) is 3.12. The Morgan fingerprint density at radius 2 is 1.95 bits per heavy atom. The van der Waals surface area contributed by atoms with E-state index in [9.17, 15) is 0 Å². The monoisotopic (exact) mass is 288 g/mol. The van der Waals surface area contributed by atoms with Crippen molar-refractivity contribution >= 4 is 21.4 Å². The minimum atomic E-state index is 0.239. The summed E-state index contributed by atoms with van der Waals surface area (Å²) in [5, 5.41) is 1.44. The smallest absolute Gasteiger partial charge is 0.0349 e. The van der Waals surface area contributed by atoms with Crippen molar-refractivity contribution < 1.29 is 0 Å². The Morgan fingerprint density at radius 3 is 2.70 bits per heavy atom. The van der Waals surface area contributed by atoms with Crippen molar-refractivity contribution in [3.8, 4) is 0 Å². The Morgan fingerprint density at radius 1 is 1.20 bits per heavy atom. The summed E-state index contributed by atoms with van der Waals surface area (Å²) in [5.74, 6) is 0. The zero-order valence-electron chi connectivity index (χ0n) is 12.3. The van der Waals surface area contributed by atoms with Crippen LogP contribution in [0, 0.1) is 0 Å². The summed E-state index contributed by atoms with van der Waals surface area (Å²) in [4.78, 5) is 4.11. The Balaban J connectivity index is 1.92. The Labute approximate surface area is 125 Å². The van der Waals surface area contributed by atoms with E-state index >= 15 is 0 Å². The molecule has 1 aromatic carbocycles. The van der Waals surface area contributed by atoms with Gasteiger partial charge in [-0.1, -0.05) is 24.6 Å². The van der Waals surface area contributed by atoms with Crippen LogP contribution in [0.5, 0.6) is 0 Å². The van der Waals surface area contributed by atoms with Crippen LogP contribution in [-0.2, 0) is 13.0 Å². The molecule has 1 aliphatic rings. The first-order valence-corrected chi connectivity index (χ1v) is 8.53. The third kappa shape index (κ3) is 3.05. The van der Waals surface area contributed by atoms with Crippen LogP contribution < -0.4 is 5.73 Å². The summed E-state index contributed by atoms with van der Waals surface area (Å²) >= 11 is 1.93. The van der Waals surface area contributed by atoms with Gasteiger partial charge >= 0.3 is 0 Å². The van der Waals surface area contributed by atoms with E-state index in [1.54, 1.807) is 0 Å². The highest BCUT2D eigenvalue weighted by molar-refractivity contribution is 7.19. The van der Waals surface area contributed by atoms with Crippen LogP contribution in [0.4, 0.5) is 0 Å². The van der Waals surface area contributed by atoms with Gasteiger partial charge in [-0.05, 0) is 56.3 Å². The molecule has 2 heterocycles. The lowest BCUT2D eigenvalue weighted by Gasteiger charge is -2.26. The van der Waals surface area contributed by atoms with Crippen LogP contribution in [0.25, 0.3) is 10.1 Å². The topological polar surface area (TPSA) is 29.3 Å². The molecule has 2 N–H and O–H groups in total. The quantitative estimate of drug-likeness (QED) is 0.928. The second kappa shape index (κ2) is 6.25. The number of hydrogen-bond donors (Lipinski definition) is 1. The third-order valence-electron chi connectivity index (χ3n) is 4.12. The van der Waals surface area contributed by atoms with Gasteiger partial charge in [0, 0.05) is 22.2 Å². The number of likely N-dealkylation sites (tertiary alicyclic amines) is 1. The molecule has 0 saturated carbocycles. The first-order valence-electron chi connectivity index (χ1n) is 7.71. The largest absolute Gasteiger partial charge is 0.328 e. The van der Waals surface area contributed by atoms with Crippen LogP contribution in [0.3, 0.4) is 0 Å². The second-order valence-corrected chi connectivity index (χ2v) is 7.15. The van der Waals surface area contributed by atoms with Gasteiger partial charge in [-0.3, -0.25) is 4.90 Å². The molecule has 1 atom stereocenters. The first-order chi connectivity index (χ1) is 9.74. The first kappa shape index (κ1) is 14.1. The van der Waals surface area contributed by atoms with Gasteiger partial charge in [-0.25, -0.2) is 0 Å². The van der Waals surface area contributed by atoms with E-state index in [2.05, 4.69) is 36.1 Å². The molecular formula is C17H24N2S. The van der Waals surface area contributed by atoms with Gasteiger partial charge in [0.15, 0.2) is 0 Å². The number of rotatable bonds is 4. The van der Waals surface area contributed by atoms with Gasteiger partial charge in [0.2, 0.25) is 0 Å². The van der Waals surface area contributed by atoms with Gasteiger partial charge < -0.3 is 5.73 Å². The highest BCUT2D eigenvalue weighted by Gasteiger charge is 2.17. The van der Waals surface area contributed by atoms with Gasteiger partial charge in [-0.2, -0.15) is 0 Å². The standard InChI is InChI=1S/C17H24N2S/c1-13(18)11-17-15(12-19-9-5-2-6-10-19)14-7-3-4-8-16(14)20-17/h3-4,7-8,13H,2,5-6,9-12,18H2,1H3. The molecule has 3 heteroatoms. The van der Waals surface area contributed by atoms with E-state index < -0.39 is 0 Å². The summed E-state index contributed by atoms with van der Waals surface area (Å²) in [6, 6.07) is 9.05. The summed E-state index contributed by atoms with van der Waals surface area (Å²) in [5.41, 5.74) is 7.57. The normalized spacial score (nSPS) is 18.5. The van der Waals surface area contributed by atoms with E-state index in [0.717, 1.165) is 13.0 Å². The molecule has 1 fully saturated rings. The molecule has 0 amide bonds. The van der Waals surface area contributed by atoms with Crippen molar-refractivity contribution in [1.82, 2.24) is 4.90 Å². The minimum Gasteiger partial charge on any atom is -0.328 e. The number of nitrogens with zero attached hydrogens (tertiary/aromatic N) is 1. The molecule has 1 unspecified atom stereocenters. The van der Waals surface area contributed by atoms with E-state index in [1.165, 1.54) is 52.9 Å². The molecule has 20 heavy (non-hydrogen) atoms. The second-order valence-electron chi connectivity index (χ2n) is 6.02. The highest BCUT2D eigenvalue weighted by Crippen LogP contribution is 2.33. The molecule has 1 aliphatic heterocycles. The lowest BCUT2D eigenvalue weighted by atomic mass is 10.0. The molecule has 0 radical (unpaired) electrons. The molecule has 108 valence electrons. The maximum Gasteiger partial charge on any atom is 0.0349 e. The van der Waals surface area contributed by atoms with Crippen LogP contribution in [0.1, 0.15) is 36.6 Å². The maximum absolute atomic E-state index is 6.04. The average molecular weight is 288 g/mol. The van der Waals surface area contributed by atoms with Crippen molar-refractivity contribution in [3.05, 3.63) is 34.7 Å². The number of thiophene rings is 1. The Bertz CT molecular complexity index is 567. The van der Waals surface area contributed by atoms with Crippen molar-refractivity contribution in [2.75, 3.05) is 13.1 Å². The van der Waals surface area contributed by atoms with E-state index in [-0.39, 0.29) is 6.04 Å². The molecule has 0 aliphatic carbocycles. The third-order valence-corrected chi connectivity index (χ3v) is 5.36. The molecule has 1 saturated heterocycles. The summed E-state index contributed by atoms with van der Waals surface area (Å²) < 4.78 is 1.41. The molecule has 0 spiro atoms. The van der Waals surface area contributed by atoms with Crippen LogP contribution in [-0.4, -0.2) is 24.0 Å².